The van der Waals surface area contributed by atoms with Gasteiger partial charge in [0, 0.05) is 25.7 Å². The quantitative estimate of drug-likeness (QED) is 0.806. The van der Waals surface area contributed by atoms with Gasteiger partial charge >= 0.3 is 0 Å². The van der Waals surface area contributed by atoms with Crippen molar-refractivity contribution in [2.45, 2.75) is 24.9 Å². The third-order valence-electron chi connectivity index (χ3n) is 4.64. The second kappa shape index (κ2) is 4.82. The van der Waals surface area contributed by atoms with Gasteiger partial charge in [-0.05, 0) is 18.8 Å². The number of fused-ring (bicyclic) bond motifs is 1. The molecule has 3 aliphatic rings. The topological polar surface area (TPSA) is 74.4 Å². The van der Waals surface area contributed by atoms with Crippen LogP contribution in [0, 0.1) is 5.92 Å². The van der Waals surface area contributed by atoms with Crippen molar-refractivity contribution in [1.29, 1.82) is 0 Å². The number of hydrogen-bond acceptors (Lipinski definition) is 5. The Morgan fingerprint density at radius 2 is 2.25 bits per heavy atom. The standard InChI is InChI=1S/C13H19N5O2/c19-13(11-5-14-16-15-11)17-3-4-18-10(6-17)7-20-8-12(18)9-1-2-9/h5,9-10,12H,1-4,6-8H2,(H,14,15,16)/t10-,12-/m1/s1. The van der Waals surface area contributed by atoms with Crippen LogP contribution in [0.5, 0.6) is 0 Å². The highest BCUT2D eigenvalue weighted by atomic mass is 16.5. The van der Waals surface area contributed by atoms with Gasteiger partial charge in [-0.1, -0.05) is 0 Å². The van der Waals surface area contributed by atoms with E-state index in [2.05, 4.69) is 20.3 Å². The van der Waals surface area contributed by atoms with Crippen LogP contribution in [-0.4, -0.2) is 76.0 Å². The van der Waals surface area contributed by atoms with E-state index in [0.29, 0.717) is 17.8 Å². The molecule has 1 N–H and O–H groups in total. The molecule has 7 nitrogen and oxygen atoms in total. The van der Waals surface area contributed by atoms with Crippen molar-refractivity contribution in [1.82, 2.24) is 25.2 Å². The second-order valence-electron chi connectivity index (χ2n) is 5.94. The van der Waals surface area contributed by atoms with Gasteiger partial charge in [0.2, 0.25) is 0 Å². The number of ether oxygens (including phenoxy) is 1. The van der Waals surface area contributed by atoms with Gasteiger partial charge in [0.1, 0.15) is 0 Å². The summed E-state index contributed by atoms with van der Waals surface area (Å²) in [6.07, 6.45) is 4.15. The maximum absolute atomic E-state index is 12.3. The van der Waals surface area contributed by atoms with E-state index in [0.717, 1.165) is 38.8 Å². The molecule has 20 heavy (non-hydrogen) atoms. The van der Waals surface area contributed by atoms with Crippen LogP contribution in [0.3, 0.4) is 0 Å². The Morgan fingerprint density at radius 1 is 1.35 bits per heavy atom. The van der Waals surface area contributed by atoms with Crippen molar-refractivity contribution in [3.05, 3.63) is 11.9 Å². The maximum atomic E-state index is 12.3. The summed E-state index contributed by atoms with van der Waals surface area (Å²) in [4.78, 5) is 16.7. The molecule has 0 spiro atoms. The molecule has 1 aliphatic carbocycles. The normalized spacial score (nSPS) is 31.1. The summed E-state index contributed by atoms with van der Waals surface area (Å²) >= 11 is 0. The minimum atomic E-state index is -0.0352. The van der Waals surface area contributed by atoms with E-state index in [1.165, 1.54) is 19.0 Å². The molecule has 1 amide bonds. The molecule has 0 aromatic carbocycles. The largest absolute Gasteiger partial charge is 0.378 e. The Kier molecular flexibility index (Phi) is 2.96. The van der Waals surface area contributed by atoms with E-state index in [9.17, 15) is 4.79 Å². The molecule has 1 aromatic heterocycles. The third kappa shape index (κ3) is 2.10. The fraction of sp³-hybridized carbons (Fsp3) is 0.769. The zero-order valence-corrected chi connectivity index (χ0v) is 11.4. The van der Waals surface area contributed by atoms with Gasteiger partial charge in [-0.25, -0.2) is 0 Å². The van der Waals surface area contributed by atoms with Crippen molar-refractivity contribution in [3.63, 3.8) is 0 Å². The summed E-state index contributed by atoms with van der Waals surface area (Å²) in [5.74, 6) is 0.780. The van der Waals surface area contributed by atoms with Crippen LogP contribution in [-0.2, 0) is 4.74 Å². The molecule has 3 fully saturated rings. The molecule has 108 valence electrons. The van der Waals surface area contributed by atoms with Gasteiger partial charge in [-0.3, -0.25) is 9.69 Å². The molecular formula is C13H19N5O2. The van der Waals surface area contributed by atoms with E-state index < -0.39 is 0 Å². The van der Waals surface area contributed by atoms with Crippen molar-refractivity contribution >= 4 is 5.91 Å². The summed E-state index contributed by atoms with van der Waals surface area (Å²) in [6, 6.07) is 0.900. The van der Waals surface area contributed by atoms with E-state index >= 15 is 0 Å². The van der Waals surface area contributed by atoms with Crippen LogP contribution < -0.4 is 0 Å². The van der Waals surface area contributed by atoms with Crippen LogP contribution in [0.1, 0.15) is 23.3 Å². The first-order valence-electron chi connectivity index (χ1n) is 7.31. The van der Waals surface area contributed by atoms with Crippen molar-refractivity contribution in [3.8, 4) is 0 Å². The number of rotatable bonds is 2. The molecule has 1 aromatic rings. The summed E-state index contributed by atoms with van der Waals surface area (Å²) < 4.78 is 5.76. The first-order chi connectivity index (χ1) is 9.83. The smallest absolute Gasteiger partial charge is 0.276 e. The number of piperazine rings is 1. The molecule has 2 saturated heterocycles. The number of carbonyl (C=O) groups excluding carboxylic acids is 1. The molecule has 2 atom stereocenters. The molecule has 2 aliphatic heterocycles. The first-order valence-corrected chi connectivity index (χ1v) is 7.31. The molecule has 0 unspecified atom stereocenters. The lowest BCUT2D eigenvalue weighted by atomic mass is 10.0. The minimum Gasteiger partial charge on any atom is -0.378 e. The molecular weight excluding hydrogens is 258 g/mol. The number of H-pyrrole nitrogens is 1. The Bertz CT molecular complexity index is 487. The highest BCUT2D eigenvalue weighted by Crippen LogP contribution is 2.38. The lowest BCUT2D eigenvalue weighted by Crippen LogP contribution is -2.63. The predicted octanol–water partition coefficient (Wildman–Crippen LogP) is -0.260. The lowest BCUT2D eigenvalue weighted by molar-refractivity contribution is -0.0816. The van der Waals surface area contributed by atoms with E-state index in [1.807, 2.05) is 4.90 Å². The number of nitrogens with zero attached hydrogens (tertiary/aromatic N) is 4. The highest BCUT2D eigenvalue weighted by Gasteiger charge is 2.43. The molecule has 3 heterocycles. The summed E-state index contributed by atoms with van der Waals surface area (Å²) in [5.41, 5.74) is 0.397. The molecule has 1 saturated carbocycles. The zero-order valence-electron chi connectivity index (χ0n) is 11.4. The fourth-order valence-electron chi connectivity index (χ4n) is 3.41. The van der Waals surface area contributed by atoms with Crippen molar-refractivity contribution < 1.29 is 9.53 Å². The summed E-state index contributed by atoms with van der Waals surface area (Å²) in [7, 11) is 0. The molecule has 7 heteroatoms. The Labute approximate surface area is 117 Å². The summed E-state index contributed by atoms with van der Waals surface area (Å²) in [6.45, 7) is 4.03. The number of carbonyl (C=O) groups is 1. The Morgan fingerprint density at radius 3 is 3.00 bits per heavy atom. The van der Waals surface area contributed by atoms with Gasteiger partial charge in [-0.2, -0.15) is 15.4 Å². The van der Waals surface area contributed by atoms with Crippen molar-refractivity contribution in [2.24, 2.45) is 5.92 Å². The van der Waals surface area contributed by atoms with E-state index in [1.54, 1.807) is 0 Å². The van der Waals surface area contributed by atoms with Crippen LogP contribution >= 0.6 is 0 Å². The minimum absolute atomic E-state index is 0.0352. The van der Waals surface area contributed by atoms with Gasteiger partial charge in [0.25, 0.3) is 5.91 Å². The van der Waals surface area contributed by atoms with E-state index in [4.69, 9.17) is 4.74 Å². The second-order valence-corrected chi connectivity index (χ2v) is 5.94. The highest BCUT2D eigenvalue weighted by molar-refractivity contribution is 5.92. The molecule has 0 radical (unpaired) electrons. The Balaban J connectivity index is 1.45. The summed E-state index contributed by atoms with van der Waals surface area (Å²) in [5, 5.41) is 10.1. The third-order valence-corrected chi connectivity index (χ3v) is 4.64. The monoisotopic (exact) mass is 277 g/mol. The maximum Gasteiger partial charge on any atom is 0.276 e. The van der Waals surface area contributed by atoms with Crippen LogP contribution in [0.2, 0.25) is 0 Å². The van der Waals surface area contributed by atoms with E-state index in [-0.39, 0.29) is 5.91 Å². The predicted molar refractivity (Wildman–Crippen MR) is 70.1 cm³/mol. The first kappa shape index (κ1) is 12.3. The van der Waals surface area contributed by atoms with Crippen LogP contribution in [0.4, 0.5) is 0 Å². The van der Waals surface area contributed by atoms with Crippen LogP contribution in [0.15, 0.2) is 6.20 Å². The number of amides is 1. The number of hydrogen-bond donors (Lipinski definition) is 1. The zero-order chi connectivity index (χ0) is 13.5. The van der Waals surface area contributed by atoms with Gasteiger partial charge in [0.05, 0.1) is 25.5 Å². The van der Waals surface area contributed by atoms with Gasteiger partial charge in [-0.15, -0.1) is 0 Å². The number of morpholine rings is 1. The number of aromatic amines is 1. The van der Waals surface area contributed by atoms with Gasteiger partial charge < -0.3 is 9.64 Å². The SMILES string of the molecule is O=C(c1cn[nH]n1)N1CCN2[C@@H](COC[C@@H]2C2CC2)C1. The number of aromatic nitrogens is 3. The molecule has 0 bridgehead atoms. The van der Waals surface area contributed by atoms with Crippen LogP contribution in [0.25, 0.3) is 0 Å². The van der Waals surface area contributed by atoms with Crippen molar-refractivity contribution in [2.75, 3.05) is 32.8 Å². The lowest BCUT2D eigenvalue weighted by Gasteiger charge is -2.48. The van der Waals surface area contributed by atoms with Gasteiger partial charge in [0.15, 0.2) is 5.69 Å². The average Bonchev–Trinajstić information content (AvgIpc) is 3.19. The average molecular weight is 277 g/mol. The molecule has 4 rings (SSSR count). The Hall–Kier alpha value is -1.47. The fourth-order valence-corrected chi connectivity index (χ4v) is 3.41. The number of nitrogens with one attached hydrogen (secondary N) is 1.